The Labute approximate surface area is 120 Å². The van der Waals surface area contributed by atoms with E-state index in [-0.39, 0.29) is 23.4 Å². The number of likely N-dealkylation sites (tertiary alicyclic amines) is 1. The van der Waals surface area contributed by atoms with E-state index < -0.39 is 6.04 Å². The molecule has 3 rings (SSSR count). The summed E-state index contributed by atoms with van der Waals surface area (Å²) in [6.45, 7) is 0.675. The predicted molar refractivity (Wildman–Crippen MR) is 75.3 cm³/mol. The summed E-state index contributed by atoms with van der Waals surface area (Å²) < 4.78 is 0. The molecule has 5 nitrogen and oxygen atoms in total. The predicted octanol–water partition coefficient (Wildman–Crippen LogP) is 0.736. The van der Waals surface area contributed by atoms with Crippen LogP contribution in [0.1, 0.15) is 44.9 Å². The first-order valence-corrected chi connectivity index (χ1v) is 7.77. The maximum atomic E-state index is 12.6. The van der Waals surface area contributed by atoms with Gasteiger partial charge in [-0.15, -0.1) is 0 Å². The van der Waals surface area contributed by atoms with Gasteiger partial charge >= 0.3 is 0 Å². The van der Waals surface area contributed by atoms with E-state index in [0.717, 1.165) is 38.5 Å². The number of carbonyl (C=O) groups is 1. The number of nitriles is 1. The molecule has 2 saturated carbocycles. The standard InChI is InChI=1S/C15H24N4O/c16-9-12-2-1-5-19(12)14(20)13(17)11-6-10-3-4-15(18,7-10)8-11/h10-13H,1-8,17-18H2/t10?,11?,12-,13?,15?/m0/s1. The number of amides is 1. The highest BCUT2D eigenvalue weighted by atomic mass is 16.2. The molecule has 3 fully saturated rings. The summed E-state index contributed by atoms with van der Waals surface area (Å²) in [5.41, 5.74) is 12.6. The molecule has 1 heterocycles. The third-order valence-electron chi connectivity index (χ3n) is 5.53. The molecule has 2 aliphatic carbocycles. The van der Waals surface area contributed by atoms with E-state index in [2.05, 4.69) is 6.07 Å². The van der Waals surface area contributed by atoms with Gasteiger partial charge in [0, 0.05) is 12.1 Å². The average molecular weight is 276 g/mol. The van der Waals surface area contributed by atoms with Crippen LogP contribution in [-0.4, -0.2) is 35.0 Å². The molecular formula is C15H24N4O. The highest BCUT2D eigenvalue weighted by Gasteiger charge is 2.46. The fourth-order valence-electron chi connectivity index (χ4n) is 4.52. The lowest BCUT2D eigenvalue weighted by molar-refractivity contribution is -0.134. The minimum absolute atomic E-state index is 0.0380. The number of nitrogens with zero attached hydrogens (tertiary/aromatic N) is 2. The molecule has 4 N–H and O–H groups in total. The number of carbonyl (C=O) groups excluding carboxylic acids is 1. The van der Waals surface area contributed by atoms with Crippen LogP contribution in [0.2, 0.25) is 0 Å². The van der Waals surface area contributed by atoms with Gasteiger partial charge in [0.05, 0.1) is 12.1 Å². The van der Waals surface area contributed by atoms with Crippen LogP contribution < -0.4 is 11.5 Å². The smallest absolute Gasteiger partial charge is 0.240 e. The van der Waals surface area contributed by atoms with E-state index in [1.165, 1.54) is 6.42 Å². The van der Waals surface area contributed by atoms with E-state index in [1.54, 1.807) is 4.90 Å². The normalized spacial score (nSPS) is 41.5. The molecule has 4 unspecified atom stereocenters. The lowest BCUT2D eigenvalue weighted by Gasteiger charge is -2.38. The zero-order valence-electron chi connectivity index (χ0n) is 11.9. The minimum atomic E-state index is -0.479. The Morgan fingerprint density at radius 1 is 1.40 bits per heavy atom. The molecule has 1 saturated heterocycles. The molecule has 0 aromatic carbocycles. The molecule has 5 heteroatoms. The topological polar surface area (TPSA) is 96.1 Å². The second kappa shape index (κ2) is 5.01. The van der Waals surface area contributed by atoms with Crippen molar-refractivity contribution < 1.29 is 4.79 Å². The monoisotopic (exact) mass is 276 g/mol. The summed E-state index contributed by atoms with van der Waals surface area (Å²) in [5, 5.41) is 9.11. The van der Waals surface area contributed by atoms with Crippen LogP contribution in [0.3, 0.4) is 0 Å². The summed E-state index contributed by atoms with van der Waals surface area (Å²) in [5.74, 6) is 0.792. The third-order valence-corrected chi connectivity index (χ3v) is 5.53. The molecule has 0 spiro atoms. The lowest BCUT2D eigenvalue weighted by Crippen LogP contribution is -2.53. The average Bonchev–Trinajstić information content (AvgIpc) is 3.01. The molecule has 1 aliphatic heterocycles. The number of nitrogens with two attached hydrogens (primary N) is 2. The Hall–Kier alpha value is -1.12. The van der Waals surface area contributed by atoms with Crippen molar-refractivity contribution in [2.75, 3.05) is 6.54 Å². The van der Waals surface area contributed by atoms with Gasteiger partial charge in [-0.3, -0.25) is 4.79 Å². The van der Waals surface area contributed by atoms with Gasteiger partial charge in [0.15, 0.2) is 0 Å². The number of hydrogen-bond donors (Lipinski definition) is 2. The highest BCUT2D eigenvalue weighted by molar-refractivity contribution is 5.83. The first kappa shape index (κ1) is 13.8. The maximum Gasteiger partial charge on any atom is 0.240 e. The van der Waals surface area contributed by atoms with Crippen molar-refractivity contribution in [2.24, 2.45) is 23.3 Å². The van der Waals surface area contributed by atoms with E-state index in [9.17, 15) is 4.79 Å². The van der Waals surface area contributed by atoms with Gasteiger partial charge in [-0.05, 0) is 56.8 Å². The first-order chi connectivity index (χ1) is 9.52. The van der Waals surface area contributed by atoms with Crippen LogP contribution in [0.25, 0.3) is 0 Å². The fourth-order valence-corrected chi connectivity index (χ4v) is 4.52. The van der Waals surface area contributed by atoms with E-state index in [4.69, 9.17) is 16.7 Å². The number of rotatable bonds is 2. The molecule has 110 valence electrons. The Kier molecular flexibility index (Phi) is 3.47. The van der Waals surface area contributed by atoms with Gasteiger partial charge in [0.25, 0.3) is 0 Å². The SMILES string of the molecule is N#C[C@@H]1CCCN1C(=O)C(N)C1CC2CCC(N)(C2)C1. The van der Waals surface area contributed by atoms with Gasteiger partial charge in [-0.1, -0.05) is 0 Å². The zero-order chi connectivity index (χ0) is 14.3. The maximum absolute atomic E-state index is 12.6. The van der Waals surface area contributed by atoms with Gasteiger partial charge in [-0.2, -0.15) is 5.26 Å². The molecule has 3 aliphatic rings. The Morgan fingerprint density at radius 2 is 2.20 bits per heavy atom. The van der Waals surface area contributed by atoms with Crippen molar-refractivity contribution >= 4 is 5.91 Å². The molecular weight excluding hydrogens is 252 g/mol. The van der Waals surface area contributed by atoms with Gasteiger partial charge in [0.2, 0.25) is 5.91 Å². The summed E-state index contributed by atoms with van der Waals surface area (Å²) in [6, 6.07) is 1.46. The van der Waals surface area contributed by atoms with Crippen molar-refractivity contribution in [1.29, 1.82) is 5.26 Å². The van der Waals surface area contributed by atoms with Crippen molar-refractivity contribution in [3.8, 4) is 6.07 Å². The second-order valence-electron chi connectivity index (χ2n) is 7.02. The summed E-state index contributed by atoms with van der Waals surface area (Å²) >= 11 is 0. The van der Waals surface area contributed by atoms with Crippen LogP contribution in [0.5, 0.6) is 0 Å². The zero-order valence-corrected chi connectivity index (χ0v) is 11.9. The molecule has 0 aromatic heterocycles. The Morgan fingerprint density at radius 3 is 2.90 bits per heavy atom. The molecule has 2 bridgehead atoms. The minimum Gasteiger partial charge on any atom is -0.325 e. The summed E-state index contributed by atoms with van der Waals surface area (Å²) in [7, 11) is 0. The van der Waals surface area contributed by atoms with E-state index in [1.807, 2.05) is 0 Å². The van der Waals surface area contributed by atoms with Crippen LogP contribution in [0, 0.1) is 23.2 Å². The van der Waals surface area contributed by atoms with Crippen LogP contribution >= 0.6 is 0 Å². The lowest BCUT2D eigenvalue weighted by atomic mass is 9.74. The molecule has 0 radical (unpaired) electrons. The number of hydrogen-bond acceptors (Lipinski definition) is 4. The molecule has 20 heavy (non-hydrogen) atoms. The highest BCUT2D eigenvalue weighted by Crippen LogP contribution is 2.47. The first-order valence-electron chi connectivity index (χ1n) is 7.77. The van der Waals surface area contributed by atoms with Crippen molar-refractivity contribution in [1.82, 2.24) is 4.90 Å². The molecule has 0 aromatic rings. The molecule has 5 atom stereocenters. The van der Waals surface area contributed by atoms with Crippen molar-refractivity contribution in [3.05, 3.63) is 0 Å². The van der Waals surface area contributed by atoms with Crippen molar-refractivity contribution in [2.45, 2.75) is 62.6 Å². The van der Waals surface area contributed by atoms with Crippen LogP contribution in [0.15, 0.2) is 0 Å². The van der Waals surface area contributed by atoms with Gasteiger partial charge in [-0.25, -0.2) is 0 Å². The van der Waals surface area contributed by atoms with Crippen molar-refractivity contribution in [3.63, 3.8) is 0 Å². The van der Waals surface area contributed by atoms with E-state index in [0.29, 0.717) is 12.5 Å². The summed E-state index contributed by atoms with van der Waals surface area (Å²) in [6.07, 6.45) is 6.92. The molecule has 1 amide bonds. The Balaban J connectivity index is 1.68. The van der Waals surface area contributed by atoms with Gasteiger partial charge < -0.3 is 16.4 Å². The fraction of sp³-hybridized carbons (Fsp3) is 0.867. The van der Waals surface area contributed by atoms with Crippen LogP contribution in [0.4, 0.5) is 0 Å². The Bertz CT molecular complexity index is 446. The van der Waals surface area contributed by atoms with Gasteiger partial charge in [0.1, 0.15) is 6.04 Å². The third kappa shape index (κ3) is 2.32. The second-order valence-corrected chi connectivity index (χ2v) is 7.02. The number of fused-ring (bicyclic) bond motifs is 2. The van der Waals surface area contributed by atoms with E-state index >= 15 is 0 Å². The summed E-state index contributed by atoms with van der Waals surface area (Å²) in [4.78, 5) is 14.2. The quantitative estimate of drug-likeness (QED) is 0.777. The largest absolute Gasteiger partial charge is 0.325 e. The van der Waals surface area contributed by atoms with Crippen LogP contribution in [-0.2, 0) is 4.79 Å².